The molecule has 0 spiro atoms. The van der Waals surface area contributed by atoms with Crippen LogP contribution in [0.2, 0.25) is 0 Å². The summed E-state index contributed by atoms with van der Waals surface area (Å²) in [7, 11) is 3.22. The first-order chi connectivity index (χ1) is 12.7. The van der Waals surface area contributed by atoms with Crippen LogP contribution in [0.15, 0.2) is 16.9 Å². The van der Waals surface area contributed by atoms with Crippen molar-refractivity contribution in [1.82, 2.24) is 8.86 Å². The second-order valence-corrected chi connectivity index (χ2v) is 8.76. The number of nitrogens with zero attached hydrogens (tertiary/aromatic N) is 2. The molecule has 2 bridgehead atoms. The van der Waals surface area contributed by atoms with E-state index in [1.165, 1.54) is 50.3 Å². The Morgan fingerprint density at radius 2 is 1.62 bits per heavy atom. The van der Waals surface area contributed by atoms with Gasteiger partial charge in [-0.3, -0.25) is 8.75 Å². The van der Waals surface area contributed by atoms with Crippen LogP contribution in [0.3, 0.4) is 0 Å². The monoisotopic (exact) mass is 376 g/mol. The first-order valence-corrected chi connectivity index (χ1v) is 10.4. The number of ether oxygens (including phenoxy) is 2. The second kappa shape index (κ2) is 7.61. The zero-order chi connectivity index (χ0) is 18.1. The predicted octanol–water partition coefficient (Wildman–Crippen LogP) is 3.59. The first kappa shape index (κ1) is 17.9. The van der Waals surface area contributed by atoms with Gasteiger partial charge in [-0.05, 0) is 56.6 Å². The quantitative estimate of drug-likeness (QED) is 0.773. The van der Waals surface area contributed by atoms with Crippen LogP contribution in [-0.4, -0.2) is 42.7 Å². The van der Waals surface area contributed by atoms with Crippen molar-refractivity contribution in [2.45, 2.75) is 38.6 Å². The van der Waals surface area contributed by atoms with E-state index in [2.05, 4.69) is 4.90 Å². The number of benzene rings is 1. The van der Waals surface area contributed by atoms with Crippen LogP contribution in [0.5, 0.6) is 11.5 Å². The maximum absolute atomic E-state index is 12.7. The second-order valence-electron chi connectivity index (χ2n) is 7.70. The summed E-state index contributed by atoms with van der Waals surface area (Å²) in [5, 5.41) is 0.723. The Labute approximate surface area is 158 Å². The van der Waals surface area contributed by atoms with Crippen molar-refractivity contribution >= 4 is 21.6 Å². The van der Waals surface area contributed by atoms with Crippen LogP contribution in [0.25, 0.3) is 10.1 Å². The highest BCUT2D eigenvalue weighted by Gasteiger charge is 2.28. The molecule has 26 heavy (non-hydrogen) atoms. The van der Waals surface area contributed by atoms with Crippen molar-refractivity contribution in [2.24, 2.45) is 11.8 Å². The van der Waals surface area contributed by atoms with E-state index in [4.69, 9.17) is 9.47 Å². The maximum Gasteiger partial charge on any atom is 0.268 e. The average Bonchev–Trinajstić information content (AvgIpc) is 2.83. The van der Waals surface area contributed by atoms with Gasteiger partial charge < -0.3 is 14.4 Å². The fourth-order valence-electron chi connectivity index (χ4n) is 4.57. The van der Waals surface area contributed by atoms with Crippen LogP contribution in [0, 0.1) is 11.8 Å². The fraction of sp³-hybridized carbons (Fsp3) is 0.650. The van der Waals surface area contributed by atoms with Gasteiger partial charge in [0.1, 0.15) is 0 Å². The Balaban J connectivity index is 1.44. The number of aromatic nitrogens is 1. The van der Waals surface area contributed by atoms with Crippen molar-refractivity contribution in [2.75, 3.05) is 33.9 Å². The van der Waals surface area contributed by atoms with Crippen molar-refractivity contribution in [3.05, 3.63) is 22.5 Å². The van der Waals surface area contributed by atoms with Gasteiger partial charge in [0.2, 0.25) is 0 Å². The van der Waals surface area contributed by atoms with Gasteiger partial charge in [0.15, 0.2) is 11.5 Å². The Morgan fingerprint density at radius 3 is 2.23 bits per heavy atom. The lowest BCUT2D eigenvalue weighted by Gasteiger charge is -2.21. The molecule has 3 fully saturated rings. The molecule has 5 nitrogen and oxygen atoms in total. The van der Waals surface area contributed by atoms with E-state index in [1.54, 1.807) is 20.3 Å². The molecule has 2 aromatic rings. The molecule has 1 aromatic carbocycles. The van der Waals surface area contributed by atoms with E-state index in [0.717, 1.165) is 41.4 Å². The molecule has 2 saturated heterocycles. The minimum absolute atomic E-state index is 0.0851. The van der Waals surface area contributed by atoms with E-state index in [1.807, 2.05) is 10.0 Å². The van der Waals surface area contributed by atoms with Crippen molar-refractivity contribution < 1.29 is 9.47 Å². The van der Waals surface area contributed by atoms with Crippen LogP contribution < -0.4 is 15.0 Å². The zero-order valence-electron chi connectivity index (χ0n) is 15.7. The molecule has 0 amide bonds. The highest BCUT2D eigenvalue weighted by Crippen LogP contribution is 2.34. The molecule has 142 valence electrons. The summed E-state index contributed by atoms with van der Waals surface area (Å²) in [6.07, 6.45) is 6.70. The predicted molar refractivity (Wildman–Crippen MR) is 106 cm³/mol. The van der Waals surface area contributed by atoms with Gasteiger partial charge in [-0.1, -0.05) is 11.5 Å². The summed E-state index contributed by atoms with van der Waals surface area (Å²) in [6, 6.07) is 3.71. The molecule has 5 rings (SSSR count). The highest BCUT2D eigenvalue weighted by molar-refractivity contribution is 7.13. The lowest BCUT2D eigenvalue weighted by atomic mass is 9.84. The average molecular weight is 377 g/mol. The Kier molecular flexibility index (Phi) is 5.23. The van der Waals surface area contributed by atoms with Gasteiger partial charge in [0, 0.05) is 25.7 Å². The molecule has 2 aliphatic heterocycles. The van der Waals surface area contributed by atoms with Gasteiger partial charge in [-0.25, -0.2) is 0 Å². The zero-order valence-corrected chi connectivity index (χ0v) is 16.5. The fourth-order valence-corrected chi connectivity index (χ4v) is 5.61. The van der Waals surface area contributed by atoms with Crippen LogP contribution in [0.4, 0.5) is 0 Å². The molecule has 0 unspecified atom stereocenters. The molecule has 3 aliphatic rings. The Hall–Kier alpha value is -1.53. The third-order valence-electron chi connectivity index (χ3n) is 5.99. The van der Waals surface area contributed by atoms with E-state index in [0.29, 0.717) is 11.5 Å². The molecule has 3 heterocycles. The normalized spacial score (nSPS) is 23.3. The van der Waals surface area contributed by atoms with Crippen molar-refractivity contribution in [1.29, 1.82) is 0 Å². The smallest absolute Gasteiger partial charge is 0.268 e. The third-order valence-corrected chi connectivity index (χ3v) is 7.09. The Morgan fingerprint density at radius 1 is 1.00 bits per heavy atom. The van der Waals surface area contributed by atoms with Gasteiger partial charge in [0.25, 0.3) is 5.56 Å². The van der Waals surface area contributed by atoms with Gasteiger partial charge in [-0.15, -0.1) is 0 Å². The van der Waals surface area contributed by atoms with Crippen LogP contribution in [0.1, 0.15) is 32.1 Å². The SMILES string of the molecule is COc1cc2sn(CCCN3CC4CCC(CC4)C3)c(=O)c2cc1OC. The summed E-state index contributed by atoms with van der Waals surface area (Å²) >= 11 is 1.53. The minimum atomic E-state index is 0.0851. The topological polar surface area (TPSA) is 43.7 Å². The van der Waals surface area contributed by atoms with Crippen molar-refractivity contribution in [3.63, 3.8) is 0 Å². The molecule has 0 atom stereocenters. The third kappa shape index (κ3) is 3.49. The van der Waals surface area contributed by atoms with E-state index in [9.17, 15) is 4.79 Å². The lowest BCUT2D eigenvalue weighted by molar-refractivity contribution is 0.246. The molecule has 1 saturated carbocycles. The summed E-state index contributed by atoms with van der Waals surface area (Å²) in [5.41, 5.74) is 0.0851. The van der Waals surface area contributed by atoms with Gasteiger partial charge in [-0.2, -0.15) is 0 Å². The number of rotatable bonds is 6. The van der Waals surface area contributed by atoms with Gasteiger partial charge >= 0.3 is 0 Å². The molecule has 0 radical (unpaired) electrons. The maximum atomic E-state index is 12.7. The standard InChI is InChI=1S/C20H28N2O3S/c1-24-17-10-16-19(11-18(17)25-2)26-22(20(16)23)9-3-8-21-12-14-4-5-15(13-21)7-6-14/h10-11,14-15H,3-9,12-13H2,1-2H3. The Bertz CT molecular complexity index is 806. The molecule has 6 heteroatoms. The summed E-state index contributed by atoms with van der Waals surface area (Å²) < 4.78 is 13.5. The molecular formula is C20H28N2O3S. The van der Waals surface area contributed by atoms with Crippen molar-refractivity contribution in [3.8, 4) is 11.5 Å². The summed E-state index contributed by atoms with van der Waals surface area (Å²) in [6.45, 7) is 4.40. The highest BCUT2D eigenvalue weighted by atomic mass is 32.1. The summed E-state index contributed by atoms with van der Waals surface area (Å²) in [5.74, 6) is 3.09. The number of methoxy groups -OCH3 is 2. The molecule has 1 aliphatic carbocycles. The number of fused-ring (bicyclic) bond motifs is 5. The van der Waals surface area contributed by atoms with E-state index in [-0.39, 0.29) is 5.56 Å². The molecule has 0 N–H and O–H groups in total. The number of hydrogen-bond acceptors (Lipinski definition) is 5. The summed E-state index contributed by atoms with van der Waals surface area (Å²) in [4.78, 5) is 15.3. The minimum Gasteiger partial charge on any atom is -0.493 e. The van der Waals surface area contributed by atoms with E-state index >= 15 is 0 Å². The van der Waals surface area contributed by atoms with Crippen LogP contribution >= 0.6 is 11.5 Å². The number of aryl methyl sites for hydroxylation is 1. The first-order valence-electron chi connectivity index (χ1n) is 9.66. The van der Waals surface area contributed by atoms with Gasteiger partial charge in [0.05, 0.1) is 24.3 Å². The van der Waals surface area contributed by atoms with E-state index < -0.39 is 0 Å². The largest absolute Gasteiger partial charge is 0.493 e. The lowest BCUT2D eigenvalue weighted by Crippen LogP contribution is -2.30. The molecule has 1 aromatic heterocycles. The van der Waals surface area contributed by atoms with Crippen LogP contribution in [-0.2, 0) is 6.54 Å². The number of hydrogen-bond donors (Lipinski definition) is 0. The molecular weight excluding hydrogens is 348 g/mol.